The van der Waals surface area contributed by atoms with E-state index < -0.39 is 12.1 Å². The molecule has 5 nitrogen and oxygen atoms in total. The average Bonchev–Trinajstić information content (AvgIpc) is 2.92. The van der Waals surface area contributed by atoms with Crippen LogP contribution in [0, 0.1) is 0 Å². The van der Waals surface area contributed by atoms with Gasteiger partial charge in [-0.3, -0.25) is 0 Å². The summed E-state index contributed by atoms with van der Waals surface area (Å²) < 4.78 is 17.6. The summed E-state index contributed by atoms with van der Waals surface area (Å²) in [5.41, 5.74) is 3.97. The van der Waals surface area contributed by atoms with E-state index >= 15 is 0 Å². The van der Waals surface area contributed by atoms with Gasteiger partial charge in [0.05, 0.1) is 6.61 Å². The maximum Gasteiger partial charge on any atom is 0.333 e. The van der Waals surface area contributed by atoms with Gasteiger partial charge < -0.3 is 19.3 Å². The third kappa shape index (κ3) is 7.45. The third-order valence-electron chi connectivity index (χ3n) is 5.82. The van der Waals surface area contributed by atoms with Gasteiger partial charge in [0.25, 0.3) is 0 Å². The molecule has 0 amide bonds. The smallest absolute Gasteiger partial charge is 0.333 e. The van der Waals surface area contributed by atoms with Gasteiger partial charge >= 0.3 is 5.97 Å². The van der Waals surface area contributed by atoms with E-state index in [-0.39, 0.29) is 19.1 Å². The number of rotatable bonds is 12. The number of carbonyl (C=O) groups is 1. The van der Waals surface area contributed by atoms with Crippen molar-refractivity contribution in [2.75, 3.05) is 0 Å². The Morgan fingerprint density at radius 1 is 0.694 bits per heavy atom. The van der Waals surface area contributed by atoms with E-state index in [1.165, 1.54) is 0 Å². The minimum atomic E-state index is -0.976. The molecular weight excluding hydrogens is 452 g/mol. The molecule has 36 heavy (non-hydrogen) atoms. The molecule has 184 valence electrons. The van der Waals surface area contributed by atoms with Gasteiger partial charge in [0.15, 0.2) is 6.10 Å². The topological polar surface area (TPSA) is 65.0 Å². The summed E-state index contributed by atoms with van der Waals surface area (Å²) in [5.74, 6) is 0.547. The monoisotopic (exact) mass is 482 g/mol. The normalized spacial score (nSPS) is 12.5. The Morgan fingerprint density at radius 3 is 1.83 bits per heavy atom. The molecule has 4 rings (SSSR count). The Labute approximate surface area is 211 Å². The highest BCUT2D eigenvalue weighted by atomic mass is 16.5. The zero-order chi connectivity index (χ0) is 25.2. The highest BCUT2D eigenvalue weighted by Crippen LogP contribution is 2.25. The van der Waals surface area contributed by atoms with Crippen LogP contribution in [0.25, 0.3) is 0 Å². The number of aliphatic carboxylic acids is 1. The largest absolute Gasteiger partial charge is 0.489 e. The summed E-state index contributed by atoms with van der Waals surface area (Å²) in [6.07, 6.45) is -0.791. The lowest BCUT2D eigenvalue weighted by Crippen LogP contribution is -2.26. The van der Waals surface area contributed by atoms with Crippen LogP contribution >= 0.6 is 0 Å². The summed E-state index contributed by atoms with van der Waals surface area (Å²) in [6.45, 7) is 2.77. The highest BCUT2D eigenvalue weighted by molar-refractivity contribution is 5.72. The van der Waals surface area contributed by atoms with E-state index in [0.717, 1.165) is 28.0 Å². The summed E-state index contributed by atoms with van der Waals surface area (Å²) in [5, 5.41) is 9.56. The van der Waals surface area contributed by atoms with Crippen LogP contribution in [0.2, 0.25) is 0 Å². The van der Waals surface area contributed by atoms with Gasteiger partial charge in [-0.2, -0.15) is 0 Å². The second kappa shape index (κ2) is 12.6. The molecule has 0 spiro atoms. The van der Waals surface area contributed by atoms with Crippen LogP contribution in [-0.2, 0) is 29.2 Å². The maximum atomic E-state index is 11.7. The number of carboxylic acids is 1. The molecule has 0 bridgehead atoms. The first-order valence-electron chi connectivity index (χ1n) is 12.0. The van der Waals surface area contributed by atoms with Gasteiger partial charge in [0.2, 0.25) is 0 Å². The van der Waals surface area contributed by atoms with Crippen LogP contribution in [0.5, 0.6) is 11.5 Å². The molecule has 4 aromatic carbocycles. The third-order valence-corrected chi connectivity index (χ3v) is 5.82. The molecule has 0 saturated carbocycles. The molecule has 2 unspecified atom stereocenters. The van der Waals surface area contributed by atoms with Crippen molar-refractivity contribution in [3.63, 3.8) is 0 Å². The fourth-order valence-electron chi connectivity index (χ4n) is 3.75. The van der Waals surface area contributed by atoms with Crippen molar-refractivity contribution in [1.29, 1.82) is 0 Å². The lowest BCUT2D eigenvalue weighted by atomic mass is 10.1. The van der Waals surface area contributed by atoms with Gasteiger partial charge in [0.1, 0.15) is 24.2 Å². The second-order valence-corrected chi connectivity index (χ2v) is 8.57. The summed E-state index contributed by atoms with van der Waals surface area (Å²) in [6, 6.07) is 35.0. The van der Waals surface area contributed by atoms with Crippen LogP contribution in [0.4, 0.5) is 0 Å². The molecule has 2 atom stereocenters. The fraction of sp³-hybridized carbons (Fsp3) is 0.194. The summed E-state index contributed by atoms with van der Waals surface area (Å²) in [7, 11) is 0. The van der Waals surface area contributed by atoms with Crippen LogP contribution in [0.1, 0.15) is 35.3 Å². The Balaban J connectivity index is 1.28. The van der Waals surface area contributed by atoms with Gasteiger partial charge in [-0.05, 0) is 53.4 Å². The maximum absolute atomic E-state index is 11.7. The Hall–Kier alpha value is -4.09. The van der Waals surface area contributed by atoms with Crippen molar-refractivity contribution in [3.05, 3.63) is 131 Å². The number of carboxylic acid groups (broad SMARTS) is 1. The highest BCUT2D eigenvalue weighted by Gasteiger charge is 2.19. The van der Waals surface area contributed by atoms with Crippen molar-refractivity contribution in [3.8, 4) is 11.5 Å². The minimum Gasteiger partial charge on any atom is -0.489 e. The lowest BCUT2D eigenvalue weighted by molar-refractivity contribution is -0.151. The van der Waals surface area contributed by atoms with Crippen molar-refractivity contribution >= 4 is 5.97 Å². The number of hydrogen-bond donors (Lipinski definition) is 1. The van der Waals surface area contributed by atoms with E-state index in [9.17, 15) is 9.90 Å². The van der Waals surface area contributed by atoms with Crippen molar-refractivity contribution in [1.82, 2.24) is 0 Å². The van der Waals surface area contributed by atoms with E-state index in [1.54, 1.807) is 0 Å². The first-order chi connectivity index (χ1) is 17.6. The molecule has 0 aliphatic heterocycles. The number of ether oxygens (including phenoxy) is 3. The Bertz CT molecular complexity index is 1210. The Morgan fingerprint density at radius 2 is 1.25 bits per heavy atom. The lowest BCUT2D eigenvalue weighted by Gasteiger charge is -2.17. The van der Waals surface area contributed by atoms with Gasteiger partial charge in [0, 0.05) is 6.42 Å². The summed E-state index contributed by atoms with van der Waals surface area (Å²) >= 11 is 0. The molecular formula is C31H30O5. The van der Waals surface area contributed by atoms with Gasteiger partial charge in [-0.1, -0.05) is 84.9 Å². The van der Waals surface area contributed by atoms with Crippen molar-refractivity contribution < 1.29 is 24.1 Å². The molecule has 0 aliphatic rings. The van der Waals surface area contributed by atoms with E-state index in [1.807, 2.05) is 116 Å². The number of hydrogen-bond acceptors (Lipinski definition) is 4. The molecule has 0 fully saturated rings. The molecule has 0 saturated heterocycles. The zero-order valence-corrected chi connectivity index (χ0v) is 20.2. The molecule has 0 aromatic heterocycles. The first-order valence-corrected chi connectivity index (χ1v) is 12.0. The van der Waals surface area contributed by atoms with E-state index in [0.29, 0.717) is 12.4 Å². The molecule has 1 N–H and O–H groups in total. The molecule has 0 heterocycles. The molecule has 0 radical (unpaired) electrons. The van der Waals surface area contributed by atoms with Crippen LogP contribution in [-0.4, -0.2) is 17.2 Å². The predicted octanol–water partition coefficient (Wildman–Crippen LogP) is 6.62. The molecule has 4 aromatic rings. The van der Waals surface area contributed by atoms with Crippen LogP contribution in [0.3, 0.4) is 0 Å². The Kier molecular flexibility index (Phi) is 8.73. The van der Waals surface area contributed by atoms with Crippen molar-refractivity contribution in [2.24, 2.45) is 0 Å². The molecule has 5 heteroatoms. The summed E-state index contributed by atoms with van der Waals surface area (Å²) in [4.78, 5) is 11.7. The van der Waals surface area contributed by atoms with E-state index in [2.05, 4.69) is 0 Å². The fourth-order valence-corrected chi connectivity index (χ4v) is 3.75. The molecule has 0 aliphatic carbocycles. The second-order valence-electron chi connectivity index (χ2n) is 8.57. The quantitative estimate of drug-likeness (QED) is 0.246. The van der Waals surface area contributed by atoms with E-state index in [4.69, 9.17) is 14.2 Å². The zero-order valence-electron chi connectivity index (χ0n) is 20.2. The standard InChI is InChI=1S/C31H30O5/c1-23(27-14-18-28(19-15-27)34-21-25-8-4-2-5-9-25)36-29-16-12-24(13-17-29)20-30(31(32)33)35-22-26-10-6-3-7-11-26/h2-19,23,30H,20-22H2,1H3,(H,32,33). The predicted molar refractivity (Wildman–Crippen MR) is 139 cm³/mol. The van der Waals surface area contributed by atoms with Crippen molar-refractivity contribution in [2.45, 2.75) is 38.8 Å². The van der Waals surface area contributed by atoms with Crippen LogP contribution < -0.4 is 9.47 Å². The minimum absolute atomic E-state index is 0.153. The number of benzene rings is 4. The van der Waals surface area contributed by atoms with Crippen LogP contribution in [0.15, 0.2) is 109 Å². The first kappa shape index (κ1) is 25.0. The average molecular weight is 483 g/mol. The SMILES string of the molecule is CC(Oc1ccc(CC(OCc2ccccc2)C(=O)O)cc1)c1ccc(OCc2ccccc2)cc1. The van der Waals surface area contributed by atoms with Gasteiger partial charge in [-0.25, -0.2) is 4.79 Å². The van der Waals surface area contributed by atoms with Gasteiger partial charge in [-0.15, -0.1) is 0 Å².